The van der Waals surface area contributed by atoms with Crippen molar-refractivity contribution >= 4 is 0 Å². The molecule has 0 saturated carbocycles. The molecular formula is C15H34N2O3. The van der Waals surface area contributed by atoms with Gasteiger partial charge in [-0.2, -0.15) is 0 Å². The van der Waals surface area contributed by atoms with E-state index in [1.54, 1.807) is 14.2 Å². The third kappa shape index (κ3) is 14.2. The molecule has 0 atom stereocenters. The van der Waals surface area contributed by atoms with Crippen LogP contribution < -0.4 is 5.32 Å². The summed E-state index contributed by atoms with van der Waals surface area (Å²) >= 11 is 0. The molecule has 0 fully saturated rings. The zero-order chi connectivity index (χ0) is 14.9. The van der Waals surface area contributed by atoms with Crippen LogP contribution in [0.4, 0.5) is 0 Å². The quantitative estimate of drug-likeness (QED) is 0.435. The van der Waals surface area contributed by atoms with Crippen LogP contribution in [-0.2, 0) is 14.2 Å². The lowest BCUT2D eigenvalue weighted by Crippen LogP contribution is -2.36. The van der Waals surface area contributed by atoms with Gasteiger partial charge >= 0.3 is 0 Å². The molecule has 0 aliphatic heterocycles. The second kappa shape index (κ2) is 16.9. The van der Waals surface area contributed by atoms with Gasteiger partial charge < -0.3 is 19.5 Å². The number of hydrogen-bond donors (Lipinski definition) is 1. The molecule has 1 N–H and O–H groups in total. The van der Waals surface area contributed by atoms with Crippen molar-refractivity contribution in [2.75, 3.05) is 73.4 Å². The fourth-order valence-electron chi connectivity index (χ4n) is 1.84. The molecule has 20 heavy (non-hydrogen) atoms. The molecular weight excluding hydrogens is 256 g/mol. The highest BCUT2D eigenvalue weighted by atomic mass is 16.5. The summed E-state index contributed by atoms with van der Waals surface area (Å²) in [5, 5.41) is 3.42. The minimum Gasteiger partial charge on any atom is -0.385 e. The van der Waals surface area contributed by atoms with Crippen molar-refractivity contribution in [2.45, 2.75) is 26.2 Å². The van der Waals surface area contributed by atoms with Gasteiger partial charge in [-0.15, -0.1) is 0 Å². The van der Waals surface area contributed by atoms with E-state index in [2.05, 4.69) is 17.1 Å². The Morgan fingerprint density at radius 3 is 2.30 bits per heavy atom. The molecule has 0 aromatic rings. The molecule has 0 aromatic heterocycles. The van der Waals surface area contributed by atoms with Gasteiger partial charge in [0, 0.05) is 60.2 Å². The Hall–Kier alpha value is -0.200. The maximum absolute atomic E-state index is 5.51. The van der Waals surface area contributed by atoms with Crippen LogP contribution in [-0.4, -0.2) is 78.3 Å². The van der Waals surface area contributed by atoms with E-state index in [9.17, 15) is 0 Å². The van der Waals surface area contributed by atoms with Gasteiger partial charge in [0.1, 0.15) is 0 Å². The first kappa shape index (κ1) is 19.8. The van der Waals surface area contributed by atoms with Crippen molar-refractivity contribution < 1.29 is 14.2 Å². The average Bonchev–Trinajstić information content (AvgIpc) is 2.47. The van der Waals surface area contributed by atoms with Gasteiger partial charge in [0.05, 0.1) is 13.2 Å². The molecule has 0 aliphatic rings. The Bertz CT molecular complexity index is 183. The van der Waals surface area contributed by atoms with E-state index in [4.69, 9.17) is 14.2 Å². The lowest BCUT2D eigenvalue weighted by Gasteiger charge is -2.22. The lowest BCUT2D eigenvalue weighted by molar-refractivity contribution is 0.125. The van der Waals surface area contributed by atoms with Gasteiger partial charge in [0.2, 0.25) is 0 Å². The van der Waals surface area contributed by atoms with E-state index in [-0.39, 0.29) is 0 Å². The molecule has 0 rings (SSSR count). The summed E-state index contributed by atoms with van der Waals surface area (Å²) in [7, 11) is 3.50. The molecule has 5 nitrogen and oxygen atoms in total. The van der Waals surface area contributed by atoms with Crippen molar-refractivity contribution in [3.8, 4) is 0 Å². The fourth-order valence-corrected chi connectivity index (χ4v) is 1.84. The van der Waals surface area contributed by atoms with Gasteiger partial charge in [-0.3, -0.25) is 4.90 Å². The van der Waals surface area contributed by atoms with Gasteiger partial charge in [-0.25, -0.2) is 0 Å². The highest BCUT2D eigenvalue weighted by Gasteiger charge is 2.03. The Morgan fingerprint density at radius 1 is 0.800 bits per heavy atom. The summed E-state index contributed by atoms with van der Waals surface area (Å²) in [5.74, 6) is 0. The van der Waals surface area contributed by atoms with Crippen molar-refractivity contribution in [3.63, 3.8) is 0 Å². The first-order chi connectivity index (χ1) is 9.85. The fraction of sp³-hybridized carbons (Fsp3) is 1.00. The van der Waals surface area contributed by atoms with Crippen LogP contribution in [0.2, 0.25) is 0 Å². The summed E-state index contributed by atoms with van der Waals surface area (Å²) in [6.07, 6.45) is 3.42. The lowest BCUT2D eigenvalue weighted by atomic mass is 10.3. The molecule has 0 saturated heterocycles. The standard InChI is InChI=1S/C15H34N2O3/c1-4-5-13-20-14-8-16-7-10-17(11-15-19-3)9-6-12-18-2/h16H,4-15H2,1-3H3. The number of methoxy groups -OCH3 is 2. The van der Waals surface area contributed by atoms with Gasteiger partial charge in [-0.1, -0.05) is 13.3 Å². The number of rotatable bonds is 16. The molecule has 122 valence electrons. The zero-order valence-electron chi connectivity index (χ0n) is 13.7. The van der Waals surface area contributed by atoms with Crippen molar-refractivity contribution in [1.82, 2.24) is 10.2 Å². The molecule has 0 aliphatic carbocycles. The van der Waals surface area contributed by atoms with E-state index >= 15 is 0 Å². The van der Waals surface area contributed by atoms with Gasteiger partial charge in [-0.05, 0) is 12.8 Å². The molecule has 0 radical (unpaired) electrons. The number of unbranched alkanes of at least 4 members (excludes halogenated alkanes) is 1. The molecule has 0 spiro atoms. The maximum Gasteiger partial charge on any atom is 0.0590 e. The van der Waals surface area contributed by atoms with Crippen LogP contribution in [0.1, 0.15) is 26.2 Å². The predicted molar refractivity (Wildman–Crippen MR) is 83.4 cm³/mol. The minimum atomic E-state index is 0.785. The summed E-state index contributed by atoms with van der Waals surface area (Å²) in [5.41, 5.74) is 0. The third-order valence-electron chi connectivity index (χ3n) is 3.10. The molecule has 5 heteroatoms. The normalized spacial score (nSPS) is 11.4. The molecule has 0 amide bonds. The van der Waals surface area contributed by atoms with E-state index in [1.165, 1.54) is 6.42 Å². The summed E-state index contributed by atoms with van der Waals surface area (Å²) < 4.78 is 15.8. The SMILES string of the molecule is CCCCOCCNCCN(CCCOC)CCOC. The molecule has 0 aromatic carbocycles. The van der Waals surface area contributed by atoms with Crippen LogP contribution in [0.15, 0.2) is 0 Å². The van der Waals surface area contributed by atoms with Crippen LogP contribution >= 0.6 is 0 Å². The first-order valence-corrected chi connectivity index (χ1v) is 7.83. The topological polar surface area (TPSA) is 43.0 Å². The van der Waals surface area contributed by atoms with E-state index in [1.807, 2.05) is 0 Å². The second-order valence-electron chi connectivity index (χ2n) is 4.90. The van der Waals surface area contributed by atoms with Crippen molar-refractivity contribution in [3.05, 3.63) is 0 Å². The number of nitrogens with zero attached hydrogens (tertiary/aromatic N) is 1. The van der Waals surface area contributed by atoms with Crippen LogP contribution in [0.3, 0.4) is 0 Å². The Balaban J connectivity index is 3.46. The molecule has 0 bridgehead atoms. The number of nitrogens with one attached hydrogen (secondary N) is 1. The minimum absolute atomic E-state index is 0.785. The second-order valence-corrected chi connectivity index (χ2v) is 4.90. The van der Waals surface area contributed by atoms with Gasteiger partial charge in [0.15, 0.2) is 0 Å². The summed E-state index contributed by atoms with van der Waals surface area (Å²) in [4.78, 5) is 2.41. The highest BCUT2D eigenvalue weighted by molar-refractivity contribution is 4.60. The predicted octanol–water partition coefficient (Wildman–Crippen LogP) is 1.38. The Kier molecular flexibility index (Phi) is 16.7. The average molecular weight is 290 g/mol. The van der Waals surface area contributed by atoms with E-state index < -0.39 is 0 Å². The Morgan fingerprint density at radius 2 is 1.60 bits per heavy atom. The molecule has 0 heterocycles. The van der Waals surface area contributed by atoms with Crippen LogP contribution in [0, 0.1) is 0 Å². The van der Waals surface area contributed by atoms with E-state index in [0.717, 1.165) is 72.0 Å². The van der Waals surface area contributed by atoms with Crippen molar-refractivity contribution in [2.24, 2.45) is 0 Å². The highest BCUT2D eigenvalue weighted by Crippen LogP contribution is 1.92. The number of hydrogen-bond acceptors (Lipinski definition) is 5. The van der Waals surface area contributed by atoms with Gasteiger partial charge in [0.25, 0.3) is 0 Å². The third-order valence-corrected chi connectivity index (χ3v) is 3.10. The number of ether oxygens (including phenoxy) is 3. The Labute approximate surface area is 124 Å². The largest absolute Gasteiger partial charge is 0.385 e. The monoisotopic (exact) mass is 290 g/mol. The van der Waals surface area contributed by atoms with Crippen LogP contribution in [0.25, 0.3) is 0 Å². The molecule has 0 unspecified atom stereocenters. The first-order valence-electron chi connectivity index (χ1n) is 7.83. The zero-order valence-corrected chi connectivity index (χ0v) is 13.7. The smallest absolute Gasteiger partial charge is 0.0590 e. The van der Waals surface area contributed by atoms with Crippen LogP contribution in [0.5, 0.6) is 0 Å². The van der Waals surface area contributed by atoms with Crippen molar-refractivity contribution in [1.29, 1.82) is 0 Å². The summed E-state index contributed by atoms with van der Waals surface area (Å²) in [6.45, 7) is 10.5. The summed E-state index contributed by atoms with van der Waals surface area (Å²) in [6, 6.07) is 0. The van der Waals surface area contributed by atoms with E-state index in [0.29, 0.717) is 0 Å². The maximum atomic E-state index is 5.51.